The molecule has 0 bridgehead atoms. The van der Waals surface area contributed by atoms with Gasteiger partial charge in [-0.05, 0) is 43.4 Å². The molecule has 26 heavy (non-hydrogen) atoms. The summed E-state index contributed by atoms with van der Waals surface area (Å²) in [6.45, 7) is 4.80. The number of hydrogen-bond donors (Lipinski definition) is 2. The first-order valence-electron chi connectivity index (χ1n) is 9.16. The third-order valence-corrected chi connectivity index (χ3v) is 5.13. The number of ether oxygens (including phenoxy) is 1. The van der Waals surface area contributed by atoms with Gasteiger partial charge in [-0.25, -0.2) is 0 Å². The molecule has 1 saturated heterocycles. The zero-order valence-electron chi connectivity index (χ0n) is 15.2. The van der Waals surface area contributed by atoms with Gasteiger partial charge < -0.3 is 15.8 Å². The summed E-state index contributed by atoms with van der Waals surface area (Å²) in [4.78, 5) is 14.8. The van der Waals surface area contributed by atoms with Crippen molar-refractivity contribution in [1.29, 1.82) is 0 Å². The maximum Gasteiger partial charge on any atom is 0.227 e. The van der Waals surface area contributed by atoms with Crippen LogP contribution in [0.1, 0.15) is 31.2 Å². The molecule has 0 radical (unpaired) electrons. The van der Waals surface area contributed by atoms with Crippen LogP contribution in [0.15, 0.2) is 24.3 Å². The molecule has 1 heterocycles. The topological polar surface area (TPSA) is 67.6 Å². The van der Waals surface area contributed by atoms with Crippen LogP contribution in [0.2, 0.25) is 0 Å². The van der Waals surface area contributed by atoms with E-state index in [9.17, 15) is 4.79 Å². The summed E-state index contributed by atoms with van der Waals surface area (Å²) in [6, 6.07) is 8.42. The maximum absolute atomic E-state index is 12.3. The van der Waals surface area contributed by atoms with E-state index in [2.05, 4.69) is 22.3 Å². The molecular weight excluding hydrogens is 373 g/mol. The number of halogens is 2. The second-order valence-electron chi connectivity index (χ2n) is 7.01. The summed E-state index contributed by atoms with van der Waals surface area (Å²) in [5, 5.41) is 3.04. The molecule has 2 fully saturated rings. The van der Waals surface area contributed by atoms with Gasteiger partial charge in [0.2, 0.25) is 5.91 Å². The molecule has 0 aromatic heterocycles. The molecule has 7 heteroatoms. The molecule has 1 aliphatic carbocycles. The van der Waals surface area contributed by atoms with Crippen LogP contribution < -0.4 is 11.1 Å². The summed E-state index contributed by atoms with van der Waals surface area (Å²) in [7, 11) is 0. The number of morpholine rings is 1. The lowest BCUT2D eigenvalue weighted by molar-refractivity contribution is -0.120. The normalized spacial score (nSPS) is 23.4. The second kappa shape index (κ2) is 11.8. The van der Waals surface area contributed by atoms with Crippen molar-refractivity contribution in [2.45, 2.75) is 38.1 Å². The first-order valence-corrected chi connectivity index (χ1v) is 9.16. The van der Waals surface area contributed by atoms with Gasteiger partial charge in [0.1, 0.15) is 0 Å². The summed E-state index contributed by atoms with van der Waals surface area (Å²) < 4.78 is 5.37. The maximum atomic E-state index is 12.3. The Hall–Kier alpha value is -0.850. The number of benzene rings is 1. The Morgan fingerprint density at radius 1 is 1.15 bits per heavy atom. The minimum absolute atomic E-state index is 0. The predicted molar refractivity (Wildman–Crippen MR) is 110 cm³/mol. The average molecular weight is 404 g/mol. The van der Waals surface area contributed by atoms with E-state index < -0.39 is 0 Å². The predicted octanol–water partition coefficient (Wildman–Crippen LogP) is 2.86. The summed E-state index contributed by atoms with van der Waals surface area (Å²) in [6.07, 6.45) is 4.90. The molecule has 148 valence electrons. The first-order chi connectivity index (χ1) is 11.7. The van der Waals surface area contributed by atoms with E-state index in [1.165, 1.54) is 5.56 Å². The minimum atomic E-state index is 0. The summed E-state index contributed by atoms with van der Waals surface area (Å²) >= 11 is 0. The number of amides is 1. The zero-order chi connectivity index (χ0) is 16.8. The Morgan fingerprint density at radius 2 is 1.85 bits per heavy atom. The molecule has 3 N–H and O–H groups in total. The van der Waals surface area contributed by atoms with Gasteiger partial charge in [0.05, 0.1) is 13.2 Å². The monoisotopic (exact) mass is 403 g/mol. The van der Waals surface area contributed by atoms with Crippen molar-refractivity contribution in [1.82, 2.24) is 4.90 Å². The van der Waals surface area contributed by atoms with E-state index in [1.54, 1.807) is 0 Å². The molecule has 1 aromatic rings. The average Bonchev–Trinajstić information content (AvgIpc) is 2.62. The van der Waals surface area contributed by atoms with Crippen LogP contribution in [-0.4, -0.2) is 49.7 Å². The standard InChI is InChI=1S/C19H29N3O2.2ClH/c20-17-3-1-2-16(14-17)19(23)21-18-6-4-15(5-7-18)8-9-22-10-12-24-13-11-22;;/h4-7,16-17H,1-3,8-14,20H2,(H,21,23);2*1H. The second-order valence-corrected chi connectivity index (χ2v) is 7.01. The quantitative estimate of drug-likeness (QED) is 0.792. The van der Waals surface area contributed by atoms with E-state index in [0.717, 1.165) is 70.6 Å². The SMILES string of the molecule is Cl.Cl.NC1CCCC(C(=O)Nc2ccc(CCN3CCOCC3)cc2)C1. The van der Waals surface area contributed by atoms with Crippen LogP contribution in [0.3, 0.4) is 0 Å². The molecule has 2 atom stereocenters. The van der Waals surface area contributed by atoms with Crippen molar-refractivity contribution in [3.05, 3.63) is 29.8 Å². The van der Waals surface area contributed by atoms with Crippen LogP contribution in [0.4, 0.5) is 5.69 Å². The van der Waals surface area contributed by atoms with Crippen molar-refractivity contribution in [3.8, 4) is 0 Å². The zero-order valence-corrected chi connectivity index (χ0v) is 16.8. The van der Waals surface area contributed by atoms with Crippen molar-refractivity contribution in [3.63, 3.8) is 0 Å². The third kappa shape index (κ3) is 7.05. The van der Waals surface area contributed by atoms with Gasteiger partial charge in [-0.3, -0.25) is 9.69 Å². The van der Waals surface area contributed by atoms with E-state index in [-0.39, 0.29) is 42.7 Å². The number of carbonyl (C=O) groups excluding carboxylic acids is 1. The molecular formula is C19H31Cl2N3O2. The number of nitrogens with two attached hydrogens (primary N) is 1. The fraction of sp³-hybridized carbons (Fsp3) is 0.632. The highest BCUT2D eigenvalue weighted by molar-refractivity contribution is 5.92. The lowest BCUT2D eigenvalue weighted by Gasteiger charge is -2.26. The lowest BCUT2D eigenvalue weighted by atomic mass is 9.85. The first kappa shape index (κ1) is 23.2. The molecule has 2 unspecified atom stereocenters. The van der Waals surface area contributed by atoms with Crippen molar-refractivity contribution >= 4 is 36.4 Å². The highest BCUT2D eigenvalue weighted by Crippen LogP contribution is 2.24. The Balaban J connectivity index is 0.00000169. The molecule has 0 spiro atoms. The number of anilines is 1. The smallest absolute Gasteiger partial charge is 0.227 e. The van der Waals surface area contributed by atoms with Crippen LogP contribution in [0, 0.1) is 5.92 Å². The van der Waals surface area contributed by atoms with Crippen LogP contribution in [-0.2, 0) is 16.0 Å². The highest BCUT2D eigenvalue weighted by Gasteiger charge is 2.25. The van der Waals surface area contributed by atoms with E-state index in [4.69, 9.17) is 10.5 Å². The molecule has 1 aliphatic heterocycles. The third-order valence-electron chi connectivity index (χ3n) is 5.13. The van der Waals surface area contributed by atoms with E-state index in [1.807, 2.05) is 12.1 Å². The summed E-state index contributed by atoms with van der Waals surface area (Å²) in [5.74, 6) is 0.181. The van der Waals surface area contributed by atoms with Gasteiger partial charge in [0.15, 0.2) is 0 Å². The van der Waals surface area contributed by atoms with Crippen LogP contribution in [0.25, 0.3) is 0 Å². The van der Waals surface area contributed by atoms with Gasteiger partial charge in [-0.15, -0.1) is 24.8 Å². The minimum Gasteiger partial charge on any atom is -0.379 e. The molecule has 2 aliphatic rings. The van der Waals surface area contributed by atoms with Gasteiger partial charge in [-0.2, -0.15) is 0 Å². The molecule has 1 amide bonds. The number of carbonyl (C=O) groups is 1. The number of hydrogen-bond acceptors (Lipinski definition) is 4. The molecule has 3 rings (SSSR count). The Labute approximate surface area is 168 Å². The van der Waals surface area contributed by atoms with Crippen molar-refractivity contribution in [2.75, 3.05) is 38.2 Å². The van der Waals surface area contributed by atoms with Crippen LogP contribution >= 0.6 is 24.8 Å². The lowest BCUT2D eigenvalue weighted by Crippen LogP contribution is -2.37. The fourth-order valence-corrected chi connectivity index (χ4v) is 3.58. The van der Waals surface area contributed by atoms with E-state index >= 15 is 0 Å². The van der Waals surface area contributed by atoms with Crippen molar-refractivity contribution in [2.24, 2.45) is 11.7 Å². The number of rotatable bonds is 5. The fourth-order valence-electron chi connectivity index (χ4n) is 3.58. The molecule has 1 aromatic carbocycles. The number of nitrogens with one attached hydrogen (secondary N) is 1. The Kier molecular flexibility index (Phi) is 10.5. The summed E-state index contributed by atoms with van der Waals surface area (Å²) in [5.41, 5.74) is 8.17. The molecule has 1 saturated carbocycles. The van der Waals surface area contributed by atoms with Gasteiger partial charge in [0, 0.05) is 37.3 Å². The Morgan fingerprint density at radius 3 is 2.50 bits per heavy atom. The van der Waals surface area contributed by atoms with Crippen molar-refractivity contribution < 1.29 is 9.53 Å². The number of nitrogens with zero attached hydrogens (tertiary/aromatic N) is 1. The highest BCUT2D eigenvalue weighted by atomic mass is 35.5. The Bertz CT molecular complexity index is 536. The van der Waals surface area contributed by atoms with Gasteiger partial charge >= 0.3 is 0 Å². The van der Waals surface area contributed by atoms with Gasteiger partial charge in [0.25, 0.3) is 0 Å². The van der Waals surface area contributed by atoms with Crippen LogP contribution in [0.5, 0.6) is 0 Å². The van der Waals surface area contributed by atoms with E-state index in [0.29, 0.717) is 0 Å². The largest absolute Gasteiger partial charge is 0.379 e. The molecule has 5 nitrogen and oxygen atoms in total. The van der Waals surface area contributed by atoms with Gasteiger partial charge in [-0.1, -0.05) is 18.6 Å².